The summed E-state index contributed by atoms with van der Waals surface area (Å²) in [6, 6.07) is 24.3. The number of benzene rings is 2. The summed E-state index contributed by atoms with van der Waals surface area (Å²) in [4.78, 5) is 16.4. The number of rotatable bonds is 9. The Bertz CT molecular complexity index is 817. The number of nitrogens with one attached hydrogen (secondary N) is 2. The van der Waals surface area contributed by atoms with Crippen LogP contribution in [0.1, 0.15) is 28.0 Å². The fraction of sp³-hybridized carbons (Fsp3) is 0.217. The molecule has 0 radical (unpaired) electrons. The van der Waals surface area contributed by atoms with E-state index in [1.165, 1.54) is 11.1 Å². The Kier molecular flexibility index (Phi) is 6.99. The number of hydrogen-bond acceptors (Lipinski definition) is 3. The zero-order chi connectivity index (χ0) is 18.7. The largest absolute Gasteiger partial charge is 0.383 e. The van der Waals surface area contributed by atoms with E-state index in [0.29, 0.717) is 12.2 Å². The predicted molar refractivity (Wildman–Crippen MR) is 110 cm³/mol. The highest BCUT2D eigenvalue weighted by Gasteiger charge is 2.06. The molecule has 0 saturated carbocycles. The lowest BCUT2D eigenvalue weighted by atomic mass is 10.1. The number of amides is 1. The van der Waals surface area contributed by atoms with E-state index < -0.39 is 0 Å². The molecule has 138 valence electrons. The molecule has 0 unspecified atom stereocenters. The average molecular weight is 359 g/mol. The van der Waals surface area contributed by atoms with E-state index in [4.69, 9.17) is 0 Å². The average Bonchev–Trinajstić information content (AvgIpc) is 2.73. The highest BCUT2D eigenvalue weighted by atomic mass is 16.1. The molecule has 1 amide bonds. The first-order valence-corrected chi connectivity index (χ1v) is 9.37. The molecule has 0 aliphatic heterocycles. The van der Waals surface area contributed by atoms with Gasteiger partial charge in [-0.05, 0) is 42.5 Å². The summed E-state index contributed by atoms with van der Waals surface area (Å²) in [7, 11) is 0. The molecular weight excluding hydrogens is 334 g/mol. The zero-order valence-electron chi connectivity index (χ0n) is 15.4. The smallest absolute Gasteiger partial charge is 0.269 e. The Morgan fingerprint density at radius 3 is 2.07 bits per heavy atom. The molecule has 0 saturated heterocycles. The van der Waals surface area contributed by atoms with E-state index in [1.807, 2.05) is 42.5 Å². The minimum absolute atomic E-state index is 0.126. The van der Waals surface area contributed by atoms with E-state index in [-0.39, 0.29) is 5.91 Å². The second-order valence-corrected chi connectivity index (χ2v) is 6.44. The van der Waals surface area contributed by atoms with Crippen LogP contribution in [0.5, 0.6) is 0 Å². The molecule has 0 fully saturated rings. The van der Waals surface area contributed by atoms with Crippen LogP contribution < -0.4 is 10.6 Å². The lowest BCUT2D eigenvalue weighted by Crippen LogP contribution is -2.25. The summed E-state index contributed by atoms with van der Waals surface area (Å²) in [5.41, 5.74) is 3.95. The summed E-state index contributed by atoms with van der Waals surface area (Å²) < 4.78 is 0. The number of carbonyl (C=O) groups excluding carboxylic acids is 1. The first kappa shape index (κ1) is 18.6. The molecule has 0 aliphatic rings. The zero-order valence-corrected chi connectivity index (χ0v) is 15.4. The second-order valence-electron chi connectivity index (χ2n) is 6.44. The van der Waals surface area contributed by atoms with Crippen LogP contribution in [0.3, 0.4) is 0 Å². The first-order valence-electron chi connectivity index (χ1n) is 9.37. The topological polar surface area (TPSA) is 54.0 Å². The Balaban J connectivity index is 1.38. The van der Waals surface area contributed by atoms with Crippen LogP contribution in [-0.2, 0) is 12.8 Å². The van der Waals surface area contributed by atoms with Crippen molar-refractivity contribution in [3.63, 3.8) is 0 Å². The van der Waals surface area contributed by atoms with Gasteiger partial charge in [-0.1, -0.05) is 60.7 Å². The molecule has 4 heteroatoms. The highest BCUT2D eigenvalue weighted by Crippen LogP contribution is 2.07. The lowest BCUT2D eigenvalue weighted by Gasteiger charge is -2.08. The third kappa shape index (κ3) is 6.26. The van der Waals surface area contributed by atoms with Gasteiger partial charge in [0.05, 0.1) is 11.9 Å². The molecule has 0 spiro atoms. The molecule has 2 N–H and O–H groups in total. The van der Waals surface area contributed by atoms with E-state index in [1.54, 1.807) is 12.3 Å². The molecule has 3 rings (SSSR count). The summed E-state index contributed by atoms with van der Waals surface area (Å²) >= 11 is 0. The maximum Gasteiger partial charge on any atom is 0.269 e. The number of aromatic nitrogens is 1. The summed E-state index contributed by atoms with van der Waals surface area (Å²) in [5, 5.41) is 6.27. The molecule has 1 heterocycles. The maximum atomic E-state index is 12.2. The summed E-state index contributed by atoms with van der Waals surface area (Å²) in [6.45, 7) is 1.48. The quantitative estimate of drug-likeness (QED) is 0.566. The van der Waals surface area contributed by atoms with Gasteiger partial charge in [-0.15, -0.1) is 0 Å². The van der Waals surface area contributed by atoms with Crippen LogP contribution in [0, 0.1) is 0 Å². The normalized spacial score (nSPS) is 10.4. The lowest BCUT2D eigenvalue weighted by molar-refractivity contribution is 0.0948. The number of pyridine rings is 1. The van der Waals surface area contributed by atoms with E-state index >= 15 is 0 Å². The van der Waals surface area contributed by atoms with Gasteiger partial charge in [-0.25, -0.2) is 4.98 Å². The van der Waals surface area contributed by atoms with Gasteiger partial charge in [0.25, 0.3) is 5.91 Å². The Labute approximate surface area is 160 Å². The highest BCUT2D eigenvalue weighted by molar-refractivity contribution is 5.92. The molecule has 4 nitrogen and oxygen atoms in total. The van der Waals surface area contributed by atoms with Crippen molar-refractivity contribution in [2.75, 3.05) is 18.4 Å². The van der Waals surface area contributed by atoms with Gasteiger partial charge in [-0.2, -0.15) is 0 Å². The Morgan fingerprint density at radius 1 is 0.778 bits per heavy atom. The molecule has 0 atom stereocenters. The van der Waals surface area contributed by atoms with Gasteiger partial charge in [-0.3, -0.25) is 4.79 Å². The van der Waals surface area contributed by atoms with E-state index in [2.05, 4.69) is 39.9 Å². The summed E-state index contributed by atoms with van der Waals surface area (Å²) in [5.74, 6) is -0.126. The minimum atomic E-state index is -0.126. The standard InChI is InChI=1S/C23H25N3O/c27-23(25-16-7-12-19-8-3-1-4-9-19)22-14-13-21(18-26-22)24-17-15-20-10-5-2-6-11-20/h1-6,8-11,13-14,18,24H,7,12,15-17H2,(H,25,27). The monoisotopic (exact) mass is 359 g/mol. The fourth-order valence-electron chi connectivity index (χ4n) is 2.86. The van der Waals surface area contributed by atoms with Crippen LogP contribution in [0.2, 0.25) is 0 Å². The SMILES string of the molecule is O=C(NCCCc1ccccc1)c1ccc(NCCc2ccccc2)cn1. The predicted octanol–water partition coefficient (Wildman–Crippen LogP) is 4.10. The number of aryl methyl sites for hydroxylation is 1. The molecule has 1 aromatic heterocycles. The third-order valence-corrected chi connectivity index (χ3v) is 4.35. The molecule has 27 heavy (non-hydrogen) atoms. The maximum absolute atomic E-state index is 12.2. The van der Waals surface area contributed by atoms with Crippen molar-refractivity contribution in [2.24, 2.45) is 0 Å². The number of carbonyl (C=O) groups is 1. The molecule has 2 aromatic carbocycles. The van der Waals surface area contributed by atoms with Crippen molar-refractivity contribution in [2.45, 2.75) is 19.3 Å². The van der Waals surface area contributed by atoms with E-state index in [9.17, 15) is 4.79 Å². The first-order chi connectivity index (χ1) is 13.3. The van der Waals surface area contributed by atoms with Gasteiger partial charge in [0, 0.05) is 13.1 Å². The Morgan fingerprint density at radius 2 is 1.44 bits per heavy atom. The molecular formula is C23H25N3O. The van der Waals surface area contributed by atoms with Crippen molar-refractivity contribution in [1.82, 2.24) is 10.3 Å². The van der Waals surface area contributed by atoms with Crippen LogP contribution in [-0.4, -0.2) is 24.0 Å². The van der Waals surface area contributed by atoms with Gasteiger partial charge in [0.2, 0.25) is 0 Å². The van der Waals surface area contributed by atoms with E-state index in [0.717, 1.165) is 31.5 Å². The van der Waals surface area contributed by atoms with Crippen LogP contribution in [0.4, 0.5) is 5.69 Å². The fourth-order valence-corrected chi connectivity index (χ4v) is 2.86. The van der Waals surface area contributed by atoms with Crippen LogP contribution in [0.15, 0.2) is 79.0 Å². The number of nitrogens with zero attached hydrogens (tertiary/aromatic N) is 1. The Hall–Kier alpha value is -3.14. The van der Waals surface area contributed by atoms with Gasteiger partial charge < -0.3 is 10.6 Å². The van der Waals surface area contributed by atoms with Crippen molar-refractivity contribution >= 4 is 11.6 Å². The van der Waals surface area contributed by atoms with Crippen LogP contribution >= 0.6 is 0 Å². The van der Waals surface area contributed by atoms with Gasteiger partial charge in [0.15, 0.2) is 0 Å². The van der Waals surface area contributed by atoms with Crippen molar-refractivity contribution in [1.29, 1.82) is 0 Å². The van der Waals surface area contributed by atoms with Gasteiger partial charge >= 0.3 is 0 Å². The van der Waals surface area contributed by atoms with Crippen molar-refractivity contribution in [3.8, 4) is 0 Å². The van der Waals surface area contributed by atoms with Gasteiger partial charge in [0.1, 0.15) is 5.69 Å². The van der Waals surface area contributed by atoms with Crippen molar-refractivity contribution < 1.29 is 4.79 Å². The number of anilines is 1. The minimum Gasteiger partial charge on any atom is -0.383 e. The van der Waals surface area contributed by atoms with Crippen molar-refractivity contribution in [3.05, 3.63) is 95.8 Å². The third-order valence-electron chi connectivity index (χ3n) is 4.35. The van der Waals surface area contributed by atoms with Crippen LogP contribution in [0.25, 0.3) is 0 Å². The molecule has 0 bridgehead atoms. The summed E-state index contributed by atoms with van der Waals surface area (Å²) in [6.07, 6.45) is 4.53. The molecule has 0 aliphatic carbocycles. The molecule has 3 aromatic rings. The number of hydrogen-bond donors (Lipinski definition) is 2. The second kappa shape index (κ2) is 10.1.